The first-order valence-electron chi connectivity index (χ1n) is 7.52. The fourth-order valence-electron chi connectivity index (χ4n) is 3.10. The Hall–Kier alpha value is -2.14. The van der Waals surface area contributed by atoms with Crippen LogP contribution in [0.4, 0.5) is 5.69 Å². The molecular weight excluding hydrogens is 316 g/mol. The van der Waals surface area contributed by atoms with Crippen molar-refractivity contribution in [3.63, 3.8) is 0 Å². The molecule has 5 nitrogen and oxygen atoms in total. The molecule has 6 heteroatoms. The van der Waals surface area contributed by atoms with Gasteiger partial charge in [0.1, 0.15) is 6.54 Å². The highest BCUT2D eigenvalue weighted by molar-refractivity contribution is 6.30. The van der Waals surface area contributed by atoms with Crippen molar-refractivity contribution < 1.29 is 14.4 Å². The van der Waals surface area contributed by atoms with Crippen LogP contribution in [0.2, 0.25) is 0 Å². The molecule has 23 heavy (non-hydrogen) atoms. The average Bonchev–Trinajstić information content (AvgIpc) is 2.74. The first-order valence-corrected chi connectivity index (χ1v) is 7.90. The largest absolute Gasteiger partial charge is 0.324 e. The fourth-order valence-corrected chi connectivity index (χ4v) is 3.35. The topological polar surface area (TPSA) is 66.5 Å². The standard InChI is InChI=1S/C17H17ClN2O3/c1-10-4-2-3-5-14(10)19-15(21)9-20-16(22)12-7-6-11(18)8-13(12)17(20)23/h2-6,12-13H,7-9H2,1H3,(H,19,21). The number of amides is 3. The van der Waals surface area contributed by atoms with E-state index in [0.29, 0.717) is 23.6 Å². The molecule has 1 saturated heterocycles. The summed E-state index contributed by atoms with van der Waals surface area (Å²) in [6, 6.07) is 7.35. The zero-order valence-electron chi connectivity index (χ0n) is 12.7. The van der Waals surface area contributed by atoms with Crippen LogP contribution in [0.3, 0.4) is 0 Å². The number of anilines is 1. The number of hydrogen-bond donors (Lipinski definition) is 1. The maximum absolute atomic E-state index is 12.4. The van der Waals surface area contributed by atoms with Gasteiger partial charge >= 0.3 is 0 Å². The maximum Gasteiger partial charge on any atom is 0.244 e. The summed E-state index contributed by atoms with van der Waals surface area (Å²) >= 11 is 5.97. The Morgan fingerprint density at radius 2 is 1.96 bits per heavy atom. The number of imide groups is 1. The third-order valence-electron chi connectivity index (χ3n) is 4.38. The van der Waals surface area contributed by atoms with Gasteiger partial charge in [-0.25, -0.2) is 0 Å². The normalized spacial score (nSPS) is 23.6. The number of allylic oxidation sites excluding steroid dienone is 2. The van der Waals surface area contributed by atoms with Gasteiger partial charge in [-0.15, -0.1) is 0 Å². The molecule has 1 heterocycles. The molecule has 1 aromatic rings. The smallest absolute Gasteiger partial charge is 0.244 e. The highest BCUT2D eigenvalue weighted by Crippen LogP contribution is 2.38. The number of para-hydroxylation sites is 1. The molecule has 1 aliphatic carbocycles. The van der Waals surface area contributed by atoms with Gasteiger partial charge in [-0.3, -0.25) is 19.3 Å². The van der Waals surface area contributed by atoms with Crippen molar-refractivity contribution in [1.82, 2.24) is 4.90 Å². The fraction of sp³-hybridized carbons (Fsp3) is 0.353. The molecule has 2 aliphatic rings. The molecule has 1 fully saturated rings. The van der Waals surface area contributed by atoms with Gasteiger partial charge < -0.3 is 5.32 Å². The van der Waals surface area contributed by atoms with E-state index in [4.69, 9.17) is 11.6 Å². The molecule has 2 atom stereocenters. The summed E-state index contributed by atoms with van der Waals surface area (Å²) in [5.74, 6) is -1.76. The minimum Gasteiger partial charge on any atom is -0.324 e. The van der Waals surface area contributed by atoms with Crippen molar-refractivity contribution in [3.05, 3.63) is 40.9 Å². The number of rotatable bonds is 3. The summed E-state index contributed by atoms with van der Waals surface area (Å²) in [7, 11) is 0. The number of fused-ring (bicyclic) bond motifs is 1. The molecule has 1 N–H and O–H groups in total. The first-order chi connectivity index (χ1) is 11.0. The number of hydrogen-bond acceptors (Lipinski definition) is 3. The number of likely N-dealkylation sites (tertiary alicyclic amines) is 1. The van der Waals surface area contributed by atoms with Crippen LogP contribution in [0.15, 0.2) is 35.4 Å². The quantitative estimate of drug-likeness (QED) is 0.865. The lowest BCUT2D eigenvalue weighted by molar-refractivity contribution is -0.142. The zero-order chi connectivity index (χ0) is 16.6. The second-order valence-corrected chi connectivity index (χ2v) is 6.41. The van der Waals surface area contributed by atoms with Gasteiger partial charge in [-0.1, -0.05) is 35.9 Å². The van der Waals surface area contributed by atoms with Crippen molar-refractivity contribution >= 4 is 35.0 Å². The lowest BCUT2D eigenvalue weighted by atomic mass is 9.85. The Bertz CT molecular complexity index is 714. The van der Waals surface area contributed by atoms with Gasteiger partial charge in [0.05, 0.1) is 11.8 Å². The number of nitrogens with zero attached hydrogens (tertiary/aromatic N) is 1. The second-order valence-electron chi connectivity index (χ2n) is 5.93. The molecule has 1 aromatic carbocycles. The second kappa shape index (κ2) is 6.16. The molecular formula is C17H17ClN2O3. The molecule has 120 valence electrons. The maximum atomic E-state index is 12.4. The third kappa shape index (κ3) is 3.01. The Labute approximate surface area is 139 Å². The highest BCUT2D eigenvalue weighted by atomic mass is 35.5. The monoisotopic (exact) mass is 332 g/mol. The molecule has 0 saturated carbocycles. The number of nitrogens with one attached hydrogen (secondary N) is 1. The van der Waals surface area contributed by atoms with Crippen LogP contribution in [-0.4, -0.2) is 29.2 Å². The summed E-state index contributed by atoms with van der Waals surface area (Å²) in [5, 5.41) is 3.35. The van der Waals surface area contributed by atoms with Gasteiger partial charge in [-0.2, -0.15) is 0 Å². The minimum atomic E-state index is -0.425. The van der Waals surface area contributed by atoms with Crippen molar-refractivity contribution in [1.29, 1.82) is 0 Å². The average molecular weight is 333 g/mol. The van der Waals surface area contributed by atoms with Crippen molar-refractivity contribution in [2.24, 2.45) is 11.8 Å². The molecule has 0 aromatic heterocycles. The van der Waals surface area contributed by atoms with Crippen LogP contribution in [0.1, 0.15) is 18.4 Å². The SMILES string of the molecule is Cc1ccccc1NC(=O)CN1C(=O)C2CC=C(Cl)CC2C1=O. The molecule has 3 amide bonds. The Kier molecular flexibility index (Phi) is 4.22. The Balaban J connectivity index is 1.69. The van der Waals surface area contributed by atoms with E-state index in [-0.39, 0.29) is 30.2 Å². The van der Waals surface area contributed by atoms with Crippen molar-refractivity contribution in [3.8, 4) is 0 Å². The summed E-state index contributed by atoms with van der Waals surface area (Å²) in [5.41, 5.74) is 1.60. The lowest BCUT2D eigenvalue weighted by Gasteiger charge is -2.17. The van der Waals surface area contributed by atoms with Gasteiger partial charge in [0.25, 0.3) is 0 Å². The zero-order valence-corrected chi connectivity index (χ0v) is 13.5. The first kappa shape index (κ1) is 15.7. The van der Waals surface area contributed by atoms with E-state index < -0.39 is 5.92 Å². The molecule has 0 radical (unpaired) electrons. The molecule has 2 unspecified atom stereocenters. The lowest BCUT2D eigenvalue weighted by Crippen LogP contribution is -2.38. The summed E-state index contributed by atoms with van der Waals surface area (Å²) in [6.45, 7) is 1.63. The van der Waals surface area contributed by atoms with E-state index in [9.17, 15) is 14.4 Å². The van der Waals surface area contributed by atoms with E-state index in [1.54, 1.807) is 12.1 Å². The Morgan fingerprint density at radius 1 is 1.26 bits per heavy atom. The van der Waals surface area contributed by atoms with Gasteiger partial charge in [0.2, 0.25) is 17.7 Å². The number of carbonyl (C=O) groups is 3. The van der Waals surface area contributed by atoms with E-state index in [1.165, 1.54) is 0 Å². The molecule has 3 rings (SSSR count). The molecule has 0 spiro atoms. The third-order valence-corrected chi connectivity index (χ3v) is 4.69. The summed E-state index contributed by atoms with van der Waals surface area (Å²) in [4.78, 5) is 38.0. The predicted molar refractivity (Wildman–Crippen MR) is 86.7 cm³/mol. The predicted octanol–water partition coefficient (Wildman–Crippen LogP) is 2.45. The minimum absolute atomic E-state index is 0.253. The number of aryl methyl sites for hydroxylation is 1. The van der Waals surface area contributed by atoms with E-state index in [0.717, 1.165) is 10.5 Å². The van der Waals surface area contributed by atoms with Gasteiger partial charge in [-0.05, 0) is 31.4 Å². The molecule has 0 bridgehead atoms. The van der Waals surface area contributed by atoms with Crippen molar-refractivity contribution in [2.75, 3.05) is 11.9 Å². The number of benzene rings is 1. The van der Waals surface area contributed by atoms with Crippen LogP contribution in [0, 0.1) is 18.8 Å². The van der Waals surface area contributed by atoms with E-state index in [1.807, 2.05) is 25.1 Å². The van der Waals surface area contributed by atoms with E-state index >= 15 is 0 Å². The van der Waals surface area contributed by atoms with Crippen LogP contribution in [0.5, 0.6) is 0 Å². The van der Waals surface area contributed by atoms with Crippen molar-refractivity contribution in [2.45, 2.75) is 19.8 Å². The highest BCUT2D eigenvalue weighted by Gasteiger charge is 2.48. The van der Waals surface area contributed by atoms with Crippen LogP contribution < -0.4 is 5.32 Å². The van der Waals surface area contributed by atoms with Gasteiger partial charge in [0, 0.05) is 10.7 Å². The van der Waals surface area contributed by atoms with Crippen LogP contribution >= 0.6 is 11.6 Å². The van der Waals surface area contributed by atoms with Crippen LogP contribution in [0.25, 0.3) is 0 Å². The number of halogens is 1. The van der Waals surface area contributed by atoms with Gasteiger partial charge in [0.15, 0.2) is 0 Å². The Morgan fingerprint density at radius 3 is 2.70 bits per heavy atom. The van der Waals surface area contributed by atoms with Crippen LogP contribution in [-0.2, 0) is 14.4 Å². The summed E-state index contributed by atoms with van der Waals surface area (Å²) < 4.78 is 0. The summed E-state index contributed by atoms with van der Waals surface area (Å²) in [6.07, 6.45) is 2.63. The molecule has 1 aliphatic heterocycles. The number of carbonyl (C=O) groups excluding carboxylic acids is 3. The van der Waals surface area contributed by atoms with E-state index in [2.05, 4.69) is 5.32 Å².